The molecule has 0 aliphatic heterocycles. The van der Waals surface area contributed by atoms with Gasteiger partial charge < -0.3 is 0 Å². The Labute approximate surface area is 100 Å². The van der Waals surface area contributed by atoms with E-state index in [9.17, 15) is 0 Å². The molecule has 0 unspecified atom stereocenters. The lowest BCUT2D eigenvalue weighted by molar-refractivity contribution is 0.230. The van der Waals surface area contributed by atoms with Crippen LogP contribution in [0.4, 0.5) is 0 Å². The van der Waals surface area contributed by atoms with Gasteiger partial charge in [0.05, 0.1) is 0 Å². The quantitative estimate of drug-likeness (QED) is 0.615. The van der Waals surface area contributed by atoms with E-state index in [1.54, 1.807) is 0 Å². The van der Waals surface area contributed by atoms with E-state index in [0.29, 0.717) is 5.41 Å². The second-order valence-electron chi connectivity index (χ2n) is 4.72. The highest BCUT2D eigenvalue weighted by Gasteiger charge is 2.31. The average molecular weight is 314 g/mol. The minimum absolute atomic E-state index is 0.449. The highest BCUT2D eigenvalue weighted by atomic mass is 79.9. The maximum Gasteiger partial charge on any atom is 0.00984 e. The lowest BCUT2D eigenvalue weighted by atomic mass is 9.76. The molecule has 0 aromatic heterocycles. The topological polar surface area (TPSA) is 0 Å². The summed E-state index contributed by atoms with van der Waals surface area (Å²) in [6, 6.07) is 0. The van der Waals surface area contributed by atoms with Crippen LogP contribution >= 0.6 is 31.9 Å². The third-order valence-corrected chi connectivity index (χ3v) is 5.21. The molecule has 0 amide bonds. The first-order valence-corrected chi connectivity index (χ1v) is 7.34. The summed E-state index contributed by atoms with van der Waals surface area (Å²) in [5, 5.41) is 2.21. The van der Waals surface area contributed by atoms with Gasteiger partial charge >= 0.3 is 0 Å². The fourth-order valence-corrected chi connectivity index (χ4v) is 4.13. The zero-order valence-corrected chi connectivity index (χ0v) is 12.4. The molecule has 0 saturated heterocycles. The molecule has 0 bridgehead atoms. The summed E-state index contributed by atoms with van der Waals surface area (Å²) in [7, 11) is 0. The summed E-state index contributed by atoms with van der Waals surface area (Å²) in [5.41, 5.74) is 0.449. The van der Waals surface area contributed by atoms with Crippen molar-refractivity contribution in [3.8, 4) is 0 Å². The summed E-state index contributed by atoms with van der Waals surface area (Å²) in [6.45, 7) is 9.24. The van der Waals surface area contributed by atoms with E-state index in [1.807, 2.05) is 0 Å². The molecule has 0 atom stereocenters. The van der Waals surface area contributed by atoms with Crippen LogP contribution in [0.1, 0.15) is 40.5 Å². The van der Waals surface area contributed by atoms with Crippen LogP contribution in [-0.2, 0) is 0 Å². The standard InChI is InChI=1S/C11H22Br2/c1-9(2)5-6-11(7-12,8-13)10(3)4/h9-10H,5-8H2,1-4H3. The van der Waals surface area contributed by atoms with Gasteiger partial charge in [-0.1, -0.05) is 66.0 Å². The first-order valence-electron chi connectivity index (χ1n) is 5.10. The molecule has 0 fully saturated rings. The van der Waals surface area contributed by atoms with Gasteiger partial charge in [-0.15, -0.1) is 0 Å². The molecule has 2 heteroatoms. The maximum atomic E-state index is 3.65. The summed E-state index contributed by atoms with van der Waals surface area (Å²) in [6.07, 6.45) is 2.65. The second-order valence-corrected chi connectivity index (χ2v) is 5.84. The van der Waals surface area contributed by atoms with Crippen LogP contribution in [0.15, 0.2) is 0 Å². The fourth-order valence-electron chi connectivity index (χ4n) is 1.34. The number of alkyl halides is 2. The predicted octanol–water partition coefficient (Wildman–Crippen LogP) is 4.85. The van der Waals surface area contributed by atoms with Gasteiger partial charge in [-0.3, -0.25) is 0 Å². The van der Waals surface area contributed by atoms with E-state index in [4.69, 9.17) is 0 Å². The zero-order chi connectivity index (χ0) is 10.5. The van der Waals surface area contributed by atoms with Crippen molar-refractivity contribution in [2.75, 3.05) is 10.7 Å². The molecule has 0 nitrogen and oxygen atoms in total. The van der Waals surface area contributed by atoms with Gasteiger partial charge in [0.15, 0.2) is 0 Å². The van der Waals surface area contributed by atoms with Gasteiger partial charge in [0, 0.05) is 10.7 Å². The molecule has 0 spiro atoms. The normalized spacial score (nSPS) is 12.9. The molecule has 0 rings (SSSR count). The Morgan fingerprint density at radius 2 is 1.46 bits per heavy atom. The zero-order valence-electron chi connectivity index (χ0n) is 9.24. The molecule has 0 heterocycles. The van der Waals surface area contributed by atoms with Crippen molar-refractivity contribution >= 4 is 31.9 Å². The van der Waals surface area contributed by atoms with Gasteiger partial charge in [-0.2, -0.15) is 0 Å². The van der Waals surface area contributed by atoms with E-state index in [0.717, 1.165) is 22.5 Å². The van der Waals surface area contributed by atoms with Crippen LogP contribution in [-0.4, -0.2) is 10.7 Å². The van der Waals surface area contributed by atoms with Crippen molar-refractivity contribution in [3.63, 3.8) is 0 Å². The predicted molar refractivity (Wildman–Crippen MR) is 68.9 cm³/mol. The monoisotopic (exact) mass is 312 g/mol. The highest BCUT2D eigenvalue weighted by Crippen LogP contribution is 2.37. The molecule has 0 N–H and O–H groups in total. The van der Waals surface area contributed by atoms with Crippen molar-refractivity contribution in [1.82, 2.24) is 0 Å². The van der Waals surface area contributed by atoms with E-state index in [-0.39, 0.29) is 0 Å². The number of hydrogen-bond acceptors (Lipinski definition) is 0. The van der Waals surface area contributed by atoms with Gasteiger partial charge in [-0.05, 0) is 23.7 Å². The summed E-state index contributed by atoms with van der Waals surface area (Å²) < 4.78 is 0. The molecule has 0 aliphatic rings. The van der Waals surface area contributed by atoms with E-state index in [2.05, 4.69) is 59.6 Å². The van der Waals surface area contributed by atoms with Crippen molar-refractivity contribution in [2.45, 2.75) is 40.5 Å². The molecule has 0 aromatic rings. The molecular formula is C11H22Br2. The van der Waals surface area contributed by atoms with Crippen molar-refractivity contribution < 1.29 is 0 Å². The van der Waals surface area contributed by atoms with Crippen molar-refractivity contribution in [2.24, 2.45) is 17.3 Å². The van der Waals surface area contributed by atoms with Gasteiger partial charge in [0.1, 0.15) is 0 Å². The van der Waals surface area contributed by atoms with Crippen molar-refractivity contribution in [3.05, 3.63) is 0 Å². The Hall–Kier alpha value is 0.960. The SMILES string of the molecule is CC(C)CCC(CBr)(CBr)C(C)C. The number of halogens is 2. The summed E-state index contributed by atoms with van der Waals surface area (Å²) in [5.74, 6) is 1.56. The lowest BCUT2D eigenvalue weighted by Gasteiger charge is -2.35. The molecule has 80 valence electrons. The van der Waals surface area contributed by atoms with Gasteiger partial charge in [-0.25, -0.2) is 0 Å². The van der Waals surface area contributed by atoms with Crippen LogP contribution in [0.2, 0.25) is 0 Å². The van der Waals surface area contributed by atoms with Crippen molar-refractivity contribution in [1.29, 1.82) is 0 Å². The molecular weight excluding hydrogens is 292 g/mol. The van der Waals surface area contributed by atoms with Gasteiger partial charge in [0.2, 0.25) is 0 Å². The van der Waals surface area contributed by atoms with Crippen LogP contribution in [0.25, 0.3) is 0 Å². The first kappa shape index (κ1) is 14.0. The molecule has 0 aromatic carbocycles. The Morgan fingerprint density at radius 1 is 1.00 bits per heavy atom. The highest BCUT2D eigenvalue weighted by molar-refractivity contribution is 9.09. The van der Waals surface area contributed by atoms with Crippen LogP contribution in [0.3, 0.4) is 0 Å². The maximum absolute atomic E-state index is 3.65. The number of hydrogen-bond donors (Lipinski definition) is 0. The Bertz CT molecular complexity index is 126. The molecule has 0 aliphatic carbocycles. The van der Waals surface area contributed by atoms with Crippen LogP contribution < -0.4 is 0 Å². The smallest absolute Gasteiger partial charge is 0.00984 e. The van der Waals surface area contributed by atoms with Crippen LogP contribution in [0.5, 0.6) is 0 Å². The third kappa shape index (κ3) is 4.33. The van der Waals surface area contributed by atoms with E-state index in [1.165, 1.54) is 12.8 Å². The molecule has 0 radical (unpaired) electrons. The Morgan fingerprint density at radius 3 is 1.69 bits per heavy atom. The summed E-state index contributed by atoms with van der Waals surface area (Å²) >= 11 is 7.31. The van der Waals surface area contributed by atoms with Gasteiger partial charge in [0.25, 0.3) is 0 Å². The van der Waals surface area contributed by atoms with E-state index >= 15 is 0 Å². The minimum Gasteiger partial charge on any atom is -0.0922 e. The number of rotatable bonds is 6. The largest absolute Gasteiger partial charge is 0.0922 e. The minimum atomic E-state index is 0.449. The molecule has 0 saturated carbocycles. The lowest BCUT2D eigenvalue weighted by Crippen LogP contribution is -2.31. The van der Waals surface area contributed by atoms with E-state index < -0.39 is 0 Å². The summed E-state index contributed by atoms with van der Waals surface area (Å²) in [4.78, 5) is 0. The fraction of sp³-hybridized carbons (Fsp3) is 1.00. The second kappa shape index (κ2) is 6.44. The average Bonchev–Trinajstić information content (AvgIpc) is 2.06. The first-order chi connectivity index (χ1) is 5.98. The van der Waals surface area contributed by atoms with Crippen LogP contribution in [0, 0.1) is 17.3 Å². The molecule has 13 heavy (non-hydrogen) atoms. The Balaban J connectivity index is 4.22. The Kier molecular flexibility index (Phi) is 6.92. The third-order valence-electron chi connectivity index (χ3n) is 2.98.